The normalized spacial score (nSPS) is 12.4. The molecule has 100 valence electrons. The third-order valence-electron chi connectivity index (χ3n) is 4.03. The topological polar surface area (TPSA) is 26.3 Å². The van der Waals surface area contributed by atoms with Crippen molar-refractivity contribution in [2.24, 2.45) is 0 Å². The number of carbonyl (C=O) groups is 1. The van der Waals surface area contributed by atoms with Crippen molar-refractivity contribution in [2.45, 2.75) is 65.1 Å². The van der Waals surface area contributed by atoms with Gasteiger partial charge >= 0.3 is 5.97 Å². The molecule has 0 bridgehead atoms. The summed E-state index contributed by atoms with van der Waals surface area (Å²) in [6.45, 7) is 18.9. The monoisotopic (exact) mass is 256 g/mol. The summed E-state index contributed by atoms with van der Waals surface area (Å²) in [4.78, 5) is 11.6. The van der Waals surface area contributed by atoms with Crippen molar-refractivity contribution < 1.29 is 9.53 Å². The van der Waals surface area contributed by atoms with Gasteiger partial charge in [0.05, 0.1) is 6.23 Å². The average molecular weight is 256 g/mol. The van der Waals surface area contributed by atoms with Crippen LogP contribution in [0, 0.1) is 0 Å². The predicted molar refractivity (Wildman–Crippen MR) is 76.8 cm³/mol. The Labute approximate surface area is 107 Å². The van der Waals surface area contributed by atoms with E-state index >= 15 is 0 Å². The zero-order chi connectivity index (χ0) is 13.8. The molecule has 0 aromatic carbocycles. The summed E-state index contributed by atoms with van der Waals surface area (Å²) >= 11 is 0. The standard InChI is InChI=1S/C14H28O2Si/c1-10(2)14(15)16-9-17(11(3)4,12(5)6)13(7)8/h11-13H,1,9H2,2-8H3. The number of carbonyl (C=O) groups excluding carboxylic acids is 1. The van der Waals surface area contributed by atoms with Gasteiger partial charge in [0.15, 0.2) is 0 Å². The van der Waals surface area contributed by atoms with Gasteiger partial charge in [0, 0.05) is 5.57 Å². The van der Waals surface area contributed by atoms with E-state index in [9.17, 15) is 4.79 Å². The van der Waals surface area contributed by atoms with E-state index in [4.69, 9.17) is 4.74 Å². The summed E-state index contributed by atoms with van der Waals surface area (Å²) < 4.78 is 5.48. The molecule has 0 aromatic heterocycles. The van der Waals surface area contributed by atoms with Crippen molar-refractivity contribution in [1.82, 2.24) is 0 Å². The molecule has 0 N–H and O–H groups in total. The highest BCUT2D eigenvalue weighted by atomic mass is 28.3. The minimum absolute atomic E-state index is 0.246. The fourth-order valence-corrected chi connectivity index (χ4v) is 8.19. The van der Waals surface area contributed by atoms with Gasteiger partial charge in [-0.15, -0.1) is 0 Å². The lowest BCUT2D eigenvalue weighted by Gasteiger charge is -2.42. The van der Waals surface area contributed by atoms with Crippen molar-refractivity contribution in [3.63, 3.8) is 0 Å². The van der Waals surface area contributed by atoms with Crippen molar-refractivity contribution in [2.75, 3.05) is 6.23 Å². The van der Waals surface area contributed by atoms with Crippen LogP contribution in [0.5, 0.6) is 0 Å². The molecule has 0 rings (SSSR count). The van der Waals surface area contributed by atoms with Gasteiger partial charge in [-0.05, 0) is 23.5 Å². The lowest BCUT2D eigenvalue weighted by atomic mass is 10.4. The molecule has 0 fully saturated rings. The Kier molecular flexibility index (Phi) is 6.17. The Morgan fingerprint density at radius 1 is 1.06 bits per heavy atom. The molecule has 0 aliphatic heterocycles. The van der Waals surface area contributed by atoms with Crippen LogP contribution in [0.1, 0.15) is 48.5 Å². The van der Waals surface area contributed by atoms with Gasteiger partial charge in [-0.1, -0.05) is 48.1 Å². The molecule has 0 aromatic rings. The van der Waals surface area contributed by atoms with Gasteiger partial charge in [0.1, 0.15) is 8.07 Å². The third kappa shape index (κ3) is 3.70. The first kappa shape index (κ1) is 16.4. The molecule has 0 spiro atoms. The molecule has 3 heteroatoms. The largest absolute Gasteiger partial charge is 0.466 e. The lowest BCUT2D eigenvalue weighted by Crippen LogP contribution is -2.49. The van der Waals surface area contributed by atoms with Crippen LogP contribution in [-0.4, -0.2) is 20.3 Å². The van der Waals surface area contributed by atoms with Crippen molar-refractivity contribution in [3.8, 4) is 0 Å². The minimum atomic E-state index is -1.62. The zero-order valence-electron chi connectivity index (χ0n) is 12.5. The second kappa shape index (κ2) is 6.38. The summed E-state index contributed by atoms with van der Waals surface area (Å²) in [5.74, 6) is -0.246. The summed E-state index contributed by atoms with van der Waals surface area (Å²) in [5, 5.41) is 0. The number of esters is 1. The molecule has 0 radical (unpaired) electrons. The van der Waals surface area contributed by atoms with Crippen molar-refractivity contribution >= 4 is 14.0 Å². The maximum Gasteiger partial charge on any atom is 0.332 e. The van der Waals surface area contributed by atoms with E-state index < -0.39 is 8.07 Å². The highest BCUT2D eigenvalue weighted by Crippen LogP contribution is 2.41. The smallest absolute Gasteiger partial charge is 0.332 e. The Bertz CT molecular complexity index is 258. The molecule has 0 saturated heterocycles. The summed E-state index contributed by atoms with van der Waals surface area (Å²) in [5.41, 5.74) is 2.32. The zero-order valence-corrected chi connectivity index (χ0v) is 13.5. The Balaban J connectivity index is 4.94. The van der Waals surface area contributed by atoms with E-state index in [2.05, 4.69) is 48.1 Å². The van der Waals surface area contributed by atoms with Crippen LogP contribution in [0.4, 0.5) is 0 Å². The van der Waals surface area contributed by atoms with Gasteiger partial charge < -0.3 is 4.74 Å². The first-order valence-corrected chi connectivity index (χ1v) is 8.92. The van der Waals surface area contributed by atoms with E-state index in [1.807, 2.05) is 0 Å². The second-order valence-electron chi connectivity index (χ2n) is 5.93. The second-order valence-corrected chi connectivity index (χ2v) is 11.9. The molecule has 2 nitrogen and oxygen atoms in total. The molecule has 0 heterocycles. The first-order valence-electron chi connectivity index (χ1n) is 6.48. The van der Waals surface area contributed by atoms with Crippen LogP contribution < -0.4 is 0 Å². The van der Waals surface area contributed by atoms with Crippen LogP contribution >= 0.6 is 0 Å². The molecule has 0 aliphatic rings. The highest BCUT2D eigenvalue weighted by molar-refractivity contribution is 6.83. The quantitative estimate of drug-likeness (QED) is 0.402. The Morgan fingerprint density at radius 2 is 1.41 bits per heavy atom. The third-order valence-corrected chi connectivity index (χ3v) is 11.1. The number of hydrogen-bond acceptors (Lipinski definition) is 2. The van der Waals surface area contributed by atoms with Crippen LogP contribution in [0.25, 0.3) is 0 Å². The average Bonchev–Trinajstić information content (AvgIpc) is 2.16. The molecule has 0 amide bonds. The van der Waals surface area contributed by atoms with E-state index in [0.717, 1.165) is 0 Å². The summed E-state index contributed by atoms with van der Waals surface area (Å²) in [7, 11) is -1.62. The highest BCUT2D eigenvalue weighted by Gasteiger charge is 2.44. The fourth-order valence-electron chi connectivity index (χ4n) is 2.81. The molecule has 0 aliphatic carbocycles. The van der Waals surface area contributed by atoms with Gasteiger partial charge in [-0.2, -0.15) is 0 Å². The molecule has 0 saturated carbocycles. The van der Waals surface area contributed by atoms with E-state index in [1.54, 1.807) is 6.92 Å². The SMILES string of the molecule is C=C(C)C(=O)OC[Si](C(C)C)(C(C)C)C(C)C. The molecule has 0 atom stereocenters. The minimum Gasteiger partial charge on any atom is -0.466 e. The molecule has 0 unspecified atom stereocenters. The fraction of sp³-hybridized carbons (Fsp3) is 0.786. The molecule has 17 heavy (non-hydrogen) atoms. The van der Waals surface area contributed by atoms with Crippen LogP contribution in [0.3, 0.4) is 0 Å². The maximum atomic E-state index is 11.6. The van der Waals surface area contributed by atoms with Gasteiger partial charge in [0.25, 0.3) is 0 Å². The van der Waals surface area contributed by atoms with Gasteiger partial charge in [-0.3, -0.25) is 0 Å². The van der Waals surface area contributed by atoms with Crippen LogP contribution in [-0.2, 0) is 9.53 Å². The summed E-state index contributed by atoms with van der Waals surface area (Å²) in [6.07, 6.45) is 0.617. The Morgan fingerprint density at radius 3 is 1.65 bits per heavy atom. The predicted octanol–water partition coefficient (Wildman–Crippen LogP) is 4.32. The lowest BCUT2D eigenvalue weighted by molar-refractivity contribution is -0.137. The van der Waals surface area contributed by atoms with Gasteiger partial charge in [-0.25, -0.2) is 4.79 Å². The maximum absolute atomic E-state index is 11.6. The Hall–Kier alpha value is -0.573. The van der Waals surface area contributed by atoms with Crippen LogP contribution in [0.2, 0.25) is 16.6 Å². The van der Waals surface area contributed by atoms with Crippen LogP contribution in [0.15, 0.2) is 12.2 Å². The number of hydrogen-bond donors (Lipinski definition) is 0. The number of rotatable bonds is 6. The molecular formula is C14H28O2Si. The van der Waals surface area contributed by atoms with E-state index in [-0.39, 0.29) is 5.97 Å². The van der Waals surface area contributed by atoms with E-state index in [1.165, 1.54) is 0 Å². The molecular weight excluding hydrogens is 228 g/mol. The number of ether oxygens (including phenoxy) is 1. The van der Waals surface area contributed by atoms with Crippen molar-refractivity contribution in [1.29, 1.82) is 0 Å². The van der Waals surface area contributed by atoms with Gasteiger partial charge in [0.2, 0.25) is 0 Å². The van der Waals surface area contributed by atoms with E-state index in [0.29, 0.717) is 28.4 Å². The summed E-state index contributed by atoms with van der Waals surface area (Å²) in [6, 6.07) is 0. The van der Waals surface area contributed by atoms with Crippen molar-refractivity contribution in [3.05, 3.63) is 12.2 Å². The first-order chi connectivity index (χ1) is 7.66.